The summed E-state index contributed by atoms with van der Waals surface area (Å²) >= 11 is 0. The van der Waals surface area contributed by atoms with Crippen LogP contribution in [0.3, 0.4) is 0 Å². The maximum atomic E-state index is 13.6. The van der Waals surface area contributed by atoms with Gasteiger partial charge >= 0.3 is 11.9 Å². The summed E-state index contributed by atoms with van der Waals surface area (Å²) in [5.41, 5.74) is -1.44. The zero-order chi connectivity index (χ0) is 32.0. The Bertz CT molecular complexity index is 1320. The Hall–Kier alpha value is -2.16. The first-order chi connectivity index (χ1) is 20.6. The molecule has 8 nitrogen and oxygen atoms in total. The van der Waals surface area contributed by atoms with Gasteiger partial charge in [-0.25, -0.2) is 4.79 Å². The van der Waals surface area contributed by atoms with Gasteiger partial charge in [-0.2, -0.15) is 0 Å². The number of carbonyl (C=O) groups is 2. The highest BCUT2D eigenvalue weighted by atomic mass is 16.6. The summed E-state index contributed by atoms with van der Waals surface area (Å²) in [5, 5.41) is 34.6. The first kappa shape index (κ1) is 31.8. The number of allylic oxidation sites excluding steroid dienone is 2. The zero-order valence-electron chi connectivity index (χ0n) is 27.5. The van der Waals surface area contributed by atoms with Crippen LogP contribution in [0.5, 0.6) is 0 Å². The van der Waals surface area contributed by atoms with Gasteiger partial charge < -0.3 is 29.2 Å². The third kappa shape index (κ3) is 3.98. The van der Waals surface area contributed by atoms with Gasteiger partial charge in [0, 0.05) is 11.3 Å². The fourth-order valence-corrected chi connectivity index (χ4v) is 12.0. The first-order valence-electron chi connectivity index (χ1n) is 16.6. The van der Waals surface area contributed by atoms with Gasteiger partial charge in [0.1, 0.15) is 6.10 Å². The summed E-state index contributed by atoms with van der Waals surface area (Å²) < 4.78 is 16.7. The maximum Gasteiger partial charge on any atom is 0.374 e. The number of hydrogen-bond acceptors (Lipinski definition) is 8. The van der Waals surface area contributed by atoms with Gasteiger partial charge in [-0.15, -0.1) is 0 Å². The topological polar surface area (TPSA) is 126 Å². The number of aliphatic hydroxyl groups is 3. The molecule has 1 heterocycles. The lowest BCUT2D eigenvalue weighted by Crippen LogP contribution is -2.71. The molecule has 244 valence electrons. The molecule has 1 aromatic heterocycles. The maximum absolute atomic E-state index is 13.6. The van der Waals surface area contributed by atoms with Crippen LogP contribution in [0.15, 0.2) is 34.5 Å². The molecule has 0 aromatic carbocycles. The summed E-state index contributed by atoms with van der Waals surface area (Å²) in [7, 11) is 1.51. The number of rotatable bonds is 4. The molecule has 0 aliphatic heterocycles. The molecule has 0 unspecified atom stereocenters. The minimum Gasteiger partial charge on any atom is -0.469 e. The number of aliphatic hydroxyl groups excluding tert-OH is 3. The Morgan fingerprint density at radius 1 is 1.07 bits per heavy atom. The van der Waals surface area contributed by atoms with E-state index in [1.54, 1.807) is 6.07 Å². The number of fused-ring (bicyclic) bond motifs is 7. The molecule has 0 saturated heterocycles. The van der Waals surface area contributed by atoms with Crippen molar-refractivity contribution in [2.75, 3.05) is 13.7 Å². The van der Waals surface area contributed by atoms with E-state index in [0.29, 0.717) is 24.7 Å². The molecule has 13 atom stereocenters. The van der Waals surface area contributed by atoms with E-state index < -0.39 is 46.4 Å². The van der Waals surface area contributed by atoms with Crippen LogP contribution in [0.25, 0.3) is 0 Å². The predicted octanol–water partition coefficient (Wildman–Crippen LogP) is 5.55. The fraction of sp³-hybridized carbons (Fsp3) is 0.778. The molecule has 0 spiro atoms. The summed E-state index contributed by atoms with van der Waals surface area (Å²) in [5.74, 6) is -0.111. The van der Waals surface area contributed by atoms with Crippen molar-refractivity contribution in [3.8, 4) is 0 Å². The standard InChI is InChI=1S/C36H52O8/c1-20-12-13-36(31(41)42-7)15-14-34(5)22(27(36)21(20)2)10-11-26-32(3)18-25(44-30(40)24-9-8-16-43-24)29(39)33(4,19-37)28(32)23(38)17-35(26,34)6/h8-10,16,20-21,23,25-29,37-39H,11-15,17-19H2,1-7H3/t20-,21+,23-,25-,26-,27+,28-,29+,32-,33+,34-,35-,36+/m1/s1. The van der Waals surface area contributed by atoms with Crippen molar-refractivity contribution in [2.24, 2.45) is 56.7 Å². The van der Waals surface area contributed by atoms with Gasteiger partial charge in [0.25, 0.3) is 0 Å². The second-order valence-corrected chi connectivity index (χ2v) is 16.2. The normalized spacial score (nSPS) is 49.8. The molecular weight excluding hydrogens is 560 g/mol. The van der Waals surface area contributed by atoms with E-state index in [9.17, 15) is 24.9 Å². The van der Waals surface area contributed by atoms with E-state index in [0.717, 1.165) is 32.1 Å². The fourth-order valence-electron chi connectivity index (χ4n) is 12.0. The Morgan fingerprint density at radius 2 is 1.80 bits per heavy atom. The van der Waals surface area contributed by atoms with Crippen LogP contribution in [0.4, 0.5) is 0 Å². The minimum absolute atomic E-state index is 0.0635. The Labute approximate surface area is 261 Å². The molecule has 6 rings (SSSR count). The van der Waals surface area contributed by atoms with Gasteiger partial charge in [-0.1, -0.05) is 53.2 Å². The van der Waals surface area contributed by atoms with Crippen molar-refractivity contribution in [2.45, 2.75) is 105 Å². The van der Waals surface area contributed by atoms with Crippen LogP contribution in [0, 0.1) is 56.7 Å². The summed E-state index contributed by atoms with van der Waals surface area (Å²) in [4.78, 5) is 26.6. The van der Waals surface area contributed by atoms with Crippen molar-refractivity contribution in [1.29, 1.82) is 0 Å². The molecule has 8 heteroatoms. The lowest BCUT2D eigenvalue weighted by molar-refractivity contribution is -0.273. The number of carbonyl (C=O) groups excluding carboxylic acids is 2. The molecule has 4 fully saturated rings. The highest BCUT2D eigenvalue weighted by Gasteiger charge is 2.73. The monoisotopic (exact) mass is 612 g/mol. The molecular formula is C36H52O8. The SMILES string of the molecule is COC(=O)[C@]12CC[C@@H](C)[C@H](C)[C@H]1C1=CC[C@@H]3[C@@]4(C)C[C@@H](OC(=O)c5ccco5)[C@H](O)[C@@](C)(CO)[C@@H]4[C@H](O)C[C@@]3(C)[C@]1(C)CC2. The van der Waals surface area contributed by atoms with Gasteiger partial charge in [0.15, 0.2) is 0 Å². The quantitative estimate of drug-likeness (QED) is 0.299. The smallest absolute Gasteiger partial charge is 0.374 e. The lowest BCUT2D eigenvalue weighted by Gasteiger charge is -2.72. The van der Waals surface area contributed by atoms with E-state index in [2.05, 4.69) is 40.7 Å². The highest BCUT2D eigenvalue weighted by Crippen LogP contribution is 2.76. The average molecular weight is 613 g/mol. The van der Waals surface area contributed by atoms with E-state index in [1.807, 2.05) is 6.92 Å². The van der Waals surface area contributed by atoms with Crippen molar-refractivity contribution < 1.29 is 38.8 Å². The summed E-state index contributed by atoms with van der Waals surface area (Å²) in [6.07, 6.45) is 6.08. The number of furan rings is 1. The Morgan fingerprint density at radius 3 is 2.43 bits per heavy atom. The van der Waals surface area contributed by atoms with E-state index in [4.69, 9.17) is 13.9 Å². The van der Waals surface area contributed by atoms with Crippen LogP contribution in [0.1, 0.15) is 97.0 Å². The zero-order valence-corrected chi connectivity index (χ0v) is 27.5. The molecule has 1 aromatic rings. The van der Waals surface area contributed by atoms with E-state index in [1.165, 1.54) is 25.0 Å². The van der Waals surface area contributed by atoms with Gasteiger partial charge in [0.2, 0.25) is 5.76 Å². The second-order valence-electron chi connectivity index (χ2n) is 16.2. The van der Waals surface area contributed by atoms with Crippen molar-refractivity contribution in [3.63, 3.8) is 0 Å². The van der Waals surface area contributed by atoms with Crippen LogP contribution in [-0.2, 0) is 14.3 Å². The largest absolute Gasteiger partial charge is 0.469 e. The van der Waals surface area contributed by atoms with Crippen LogP contribution in [0.2, 0.25) is 0 Å². The number of methoxy groups -OCH3 is 1. The molecule has 0 amide bonds. The second kappa shape index (κ2) is 10.4. The van der Waals surface area contributed by atoms with Crippen LogP contribution < -0.4 is 0 Å². The predicted molar refractivity (Wildman–Crippen MR) is 163 cm³/mol. The first-order valence-corrected chi connectivity index (χ1v) is 16.6. The number of hydrogen-bond donors (Lipinski definition) is 3. The Kier molecular flexibility index (Phi) is 7.54. The van der Waals surface area contributed by atoms with Crippen LogP contribution in [-0.4, -0.2) is 59.3 Å². The number of ether oxygens (including phenoxy) is 2. The third-order valence-corrected chi connectivity index (χ3v) is 14.5. The summed E-state index contributed by atoms with van der Waals surface area (Å²) in [6, 6.07) is 3.15. The molecule has 0 radical (unpaired) electrons. The lowest BCUT2D eigenvalue weighted by atomic mass is 9.32. The van der Waals surface area contributed by atoms with Crippen molar-refractivity contribution in [3.05, 3.63) is 35.8 Å². The molecule has 3 N–H and O–H groups in total. The third-order valence-electron chi connectivity index (χ3n) is 14.5. The average Bonchev–Trinajstić information content (AvgIpc) is 3.53. The molecule has 4 saturated carbocycles. The van der Waals surface area contributed by atoms with Gasteiger partial charge in [-0.3, -0.25) is 4.79 Å². The molecule has 44 heavy (non-hydrogen) atoms. The molecule has 0 bridgehead atoms. The minimum atomic E-state index is -1.16. The van der Waals surface area contributed by atoms with Gasteiger partial charge in [-0.05, 0) is 97.0 Å². The van der Waals surface area contributed by atoms with Crippen LogP contribution >= 0.6 is 0 Å². The van der Waals surface area contributed by atoms with Crippen molar-refractivity contribution >= 4 is 11.9 Å². The molecule has 5 aliphatic carbocycles. The number of esters is 2. The highest BCUT2D eigenvalue weighted by molar-refractivity contribution is 5.86. The Balaban J connectivity index is 1.44. The molecule has 5 aliphatic rings. The van der Waals surface area contributed by atoms with E-state index >= 15 is 0 Å². The summed E-state index contributed by atoms with van der Waals surface area (Å²) in [6.45, 7) is 12.9. The van der Waals surface area contributed by atoms with Crippen molar-refractivity contribution in [1.82, 2.24) is 0 Å². The van der Waals surface area contributed by atoms with E-state index in [-0.39, 0.29) is 41.0 Å². The van der Waals surface area contributed by atoms with Gasteiger partial charge in [0.05, 0.1) is 37.6 Å².